The van der Waals surface area contributed by atoms with Crippen molar-refractivity contribution in [3.8, 4) is 0 Å². The van der Waals surface area contributed by atoms with Gasteiger partial charge in [0, 0.05) is 31.0 Å². The number of hydroxylamine groups is 1. The van der Waals surface area contributed by atoms with Gasteiger partial charge in [0.2, 0.25) is 5.91 Å². The first-order chi connectivity index (χ1) is 22.8. The number of nitrogens with zero attached hydrogens (tertiary/aromatic N) is 2. The van der Waals surface area contributed by atoms with Crippen LogP contribution in [0.3, 0.4) is 0 Å². The van der Waals surface area contributed by atoms with Crippen molar-refractivity contribution in [3.63, 3.8) is 0 Å². The number of carbonyl (C=O) groups is 3. The number of hydrogen-bond donors (Lipinski definition) is 2. The van der Waals surface area contributed by atoms with Gasteiger partial charge in [-0.15, -0.1) is 0 Å². The van der Waals surface area contributed by atoms with Crippen molar-refractivity contribution < 1.29 is 24.0 Å². The average Bonchev–Trinajstić information content (AvgIpc) is 3.42. The molecule has 242 valence electrons. The smallest absolute Gasteiger partial charge is 0.337 e. The van der Waals surface area contributed by atoms with E-state index in [1.807, 2.05) is 91.9 Å². The van der Waals surface area contributed by atoms with E-state index >= 15 is 0 Å². The molecule has 0 aliphatic heterocycles. The molecule has 1 aromatic heterocycles. The largest absolute Gasteiger partial charge is 0.465 e. The van der Waals surface area contributed by atoms with Crippen LogP contribution in [-0.4, -0.2) is 40.5 Å². The van der Waals surface area contributed by atoms with Crippen molar-refractivity contribution in [3.05, 3.63) is 136 Å². The van der Waals surface area contributed by atoms with Gasteiger partial charge in [0.05, 0.1) is 30.3 Å². The molecular weight excluding hydrogens is 592 g/mol. The summed E-state index contributed by atoms with van der Waals surface area (Å²) in [5, 5.41) is 3.09. The molecule has 1 atom stereocenters. The Morgan fingerprint density at radius 3 is 2.19 bits per heavy atom. The number of aryl methyl sites for hydroxylation is 2. The van der Waals surface area contributed by atoms with Crippen LogP contribution in [0.2, 0.25) is 0 Å². The quantitative estimate of drug-likeness (QED) is 0.113. The van der Waals surface area contributed by atoms with Crippen LogP contribution >= 0.6 is 0 Å². The summed E-state index contributed by atoms with van der Waals surface area (Å²) >= 11 is 0. The minimum atomic E-state index is -0.470. The predicted octanol–water partition coefficient (Wildman–Crippen LogP) is 6.11. The predicted molar refractivity (Wildman–Crippen MR) is 181 cm³/mol. The number of nitrogens with one attached hydrogen (secondary N) is 2. The van der Waals surface area contributed by atoms with E-state index in [-0.39, 0.29) is 30.8 Å². The number of hydrogen-bond acceptors (Lipinski definition) is 6. The molecule has 0 saturated carbocycles. The maximum atomic E-state index is 13.7. The van der Waals surface area contributed by atoms with E-state index in [2.05, 4.69) is 22.3 Å². The van der Waals surface area contributed by atoms with E-state index in [1.165, 1.54) is 7.11 Å². The van der Waals surface area contributed by atoms with Crippen molar-refractivity contribution >= 4 is 28.8 Å². The molecule has 2 N–H and O–H groups in total. The first-order valence-corrected chi connectivity index (χ1v) is 15.8. The summed E-state index contributed by atoms with van der Waals surface area (Å²) in [7, 11) is 1.37. The van der Waals surface area contributed by atoms with E-state index in [0.29, 0.717) is 24.1 Å². The zero-order valence-electron chi connectivity index (χ0n) is 27.0. The zero-order chi connectivity index (χ0) is 33.2. The summed E-state index contributed by atoms with van der Waals surface area (Å²) in [6.45, 7) is 4.90. The molecule has 0 spiro atoms. The SMILES string of the molecule is CCCc1nc2cc(C(=O)N[C@@H](CC(=O)NOCc3ccccc3)Cc3ccccc3)cc(C)c2n1Cc1ccc(C(=O)OC)cc1. The zero-order valence-corrected chi connectivity index (χ0v) is 27.0. The summed E-state index contributed by atoms with van der Waals surface area (Å²) in [6, 6.07) is 29.9. The lowest BCUT2D eigenvalue weighted by molar-refractivity contribution is -0.135. The van der Waals surface area contributed by atoms with Crippen molar-refractivity contribution in [2.45, 2.75) is 58.7 Å². The monoisotopic (exact) mass is 632 g/mol. The number of ether oxygens (including phenoxy) is 1. The normalized spacial score (nSPS) is 11.6. The topological polar surface area (TPSA) is 112 Å². The Balaban J connectivity index is 1.34. The molecule has 9 heteroatoms. The van der Waals surface area contributed by atoms with Gasteiger partial charge in [-0.2, -0.15) is 0 Å². The first-order valence-electron chi connectivity index (χ1n) is 15.8. The molecule has 4 aromatic carbocycles. The molecule has 1 heterocycles. The number of fused-ring (bicyclic) bond motifs is 1. The number of amides is 2. The minimum absolute atomic E-state index is 0.0424. The van der Waals surface area contributed by atoms with Crippen molar-refractivity contribution in [2.75, 3.05) is 7.11 Å². The van der Waals surface area contributed by atoms with E-state index in [1.54, 1.807) is 12.1 Å². The highest BCUT2D eigenvalue weighted by atomic mass is 16.6. The lowest BCUT2D eigenvalue weighted by Gasteiger charge is -2.19. The lowest BCUT2D eigenvalue weighted by Crippen LogP contribution is -2.40. The third kappa shape index (κ3) is 8.71. The maximum Gasteiger partial charge on any atom is 0.337 e. The molecule has 5 rings (SSSR count). The Bertz CT molecular complexity index is 1820. The van der Waals surface area contributed by atoms with Gasteiger partial charge in [0.1, 0.15) is 5.82 Å². The van der Waals surface area contributed by atoms with Crippen molar-refractivity contribution in [2.24, 2.45) is 0 Å². The molecule has 0 unspecified atom stereocenters. The van der Waals surface area contributed by atoms with Gasteiger partial charge in [-0.1, -0.05) is 79.7 Å². The van der Waals surface area contributed by atoms with Gasteiger partial charge in [0.15, 0.2) is 0 Å². The third-order valence-corrected chi connectivity index (χ3v) is 7.92. The van der Waals surface area contributed by atoms with Crippen molar-refractivity contribution in [1.82, 2.24) is 20.3 Å². The fourth-order valence-corrected chi connectivity index (χ4v) is 5.67. The second-order valence-electron chi connectivity index (χ2n) is 11.6. The Morgan fingerprint density at radius 1 is 0.851 bits per heavy atom. The van der Waals surface area contributed by atoms with Gasteiger partial charge in [-0.05, 0) is 66.3 Å². The number of esters is 1. The van der Waals surface area contributed by atoms with Crippen LogP contribution in [0.1, 0.15) is 68.6 Å². The second-order valence-corrected chi connectivity index (χ2v) is 11.6. The highest BCUT2D eigenvalue weighted by Crippen LogP contribution is 2.25. The van der Waals surface area contributed by atoms with Gasteiger partial charge in [0.25, 0.3) is 5.91 Å². The van der Waals surface area contributed by atoms with Crippen LogP contribution in [0.15, 0.2) is 97.1 Å². The van der Waals surface area contributed by atoms with Crippen LogP contribution in [0, 0.1) is 6.92 Å². The Labute approximate surface area is 274 Å². The summed E-state index contributed by atoms with van der Waals surface area (Å²) in [5.41, 5.74) is 9.06. The Kier molecular flexibility index (Phi) is 11.1. The molecule has 47 heavy (non-hydrogen) atoms. The van der Waals surface area contributed by atoms with Crippen LogP contribution in [-0.2, 0) is 40.4 Å². The molecule has 0 saturated heterocycles. The molecule has 0 aliphatic rings. The number of benzene rings is 4. The summed E-state index contributed by atoms with van der Waals surface area (Å²) in [6.07, 6.45) is 2.20. The number of methoxy groups -OCH3 is 1. The van der Waals surface area contributed by atoms with E-state index in [0.717, 1.165) is 52.0 Å². The standard InChI is InChI=1S/C38H40N4O5/c1-4-11-34-40-33-22-31(20-26(2)36(33)42(34)24-28-16-18-30(19-17-28)38(45)46-3)37(44)39-32(21-27-12-7-5-8-13-27)23-35(43)41-47-25-29-14-9-6-10-15-29/h5-10,12-20,22,32H,4,11,21,23-25H2,1-3H3,(H,39,44)(H,41,43)/t32-/m1/s1. The molecule has 0 radical (unpaired) electrons. The fraction of sp³-hybridized carbons (Fsp3) is 0.263. The summed E-state index contributed by atoms with van der Waals surface area (Å²) < 4.78 is 7.01. The number of rotatable bonds is 14. The molecule has 0 fully saturated rings. The average molecular weight is 633 g/mol. The third-order valence-electron chi connectivity index (χ3n) is 7.92. The number of imidazole rings is 1. The summed E-state index contributed by atoms with van der Waals surface area (Å²) in [4.78, 5) is 48.8. The molecular formula is C38H40N4O5. The van der Waals surface area contributed by atoms with Gasteiger partial charge >= 0.3 is 5.97 Å². The molecule has 5 aromatic rings. The van der Waals surface area contributed by atoms with Gasteiger partial charge in [-0.3, -0.25) is 14.4 Å². The molecule has 0 bridgehead atoms. The lowest BCUT2D eigenvalue weighted by atomic mass is 10.0. The van der Waals surface area contributed by atoms with Crippen LogP contribution in [0.25, 0.3) is 11.0 Å². The van der Waals surface area contributed by atoms with Crippen LogP contribution in [0.4, 0.5) is 0 Å². The molecule has 2 amide bonds. The Morgan fingerprint density at radius 2 is 1.53 bits per heavy atom. The van der Waals surface area contributed by atoms with Crippen LogP contribution in [0.5, 0.6) is 0 Å². The van der Waals surface area contributed by atoms with Gasteiger partial charge in [-0.25, -0.2) is 15.3 Å². The van der Waals surface area contributed by atoms with Crippen LogP contribution < -0.4 is 10.8 Å². The Hall–Kier alpha value is -5.28. The van der Waals surface area contributed by atoms with E-state index in [4.69, 9.17) is 14.6 Å². The highest BCUT2D eigenvalue weighted by molar-refractivity contribution is 5.99. The van der Waals surface area contributed by atoms with Gasteiger partial charge < -0.3 is 14.6 Å². The number of aromatic nitrogens is 2. The molecule has 9 nitrogen and oxygen atoms in total. The first kappa shape index (κ1) is 33.1. The van der Waals surface area contributed by atoms with Crippen molar-refractivity contribution in [1.29, 1.82) is 0 Å². The minimum Gasteiger partial charge on any atom is -0.465 e. The summed E-state index contributed by atoms with van der Waals surface area (Å²) in [5.74, 6) is -0.0504. The van der Waals surface area contributed by atoms with E-state index in [9.17, 15) is 14.4 Å². The number of carbonyl (C=O) groups excluding carboxylic acids is 3. The van der Waals surface area contributed by atoms with E-state index < -0.39 is 6.04 Å². The maximum absolute atomic E-state index is 13.7. The second kappa shape index (κ2) is 15.8. The molecule has 0 aliphatic carbocycles. The highest BCUT2D eigenvalue weighted by Gasteiger charge is 2.21. The fourth-order valence-electron chi connectivity index (χ4n) is 5.67.